The molecule has 1 saturated carbocycles. The first-order chi connectivity index (χ1) is 17.1. The van der Waals surface area contributed by atoms with Crippen LogP contribution in [0.4, 0.5) is 5.95 Å². The highest BCUT2D eigenvalue weighted by atomic mass is 16.2. The lowest BCUT2D eigenvalue weighted by Crippen LogP contribution is -2.33. The van der Waals surface area contributed by atoms with E-state index in [0.29, 0.717) is 24.2 Å². The van der Waals surface area contributed by atoms with E-state index in [1.165, 1.54) is 0 Å². The maximum atomic E-state index is 13.1. The lowest BCUT2D eigenvalue weighted by Gasteiger charge is -2.20. The van der Waals surface area contributed by atoms with Gasteiger partial charge in [0.2, 0.25) is 11.9 Å². The molecule has 1 aliphatic rings. The molecule has 1 N–H and O–H groups in total. The van der Waals surface area contributed by atoms with Crippen LogP contribution in [0.5, 0.6) is 0 Å². The van der Waals surface area contributed by atoms with Crippen LogP contribution in [0.3, 0.4) is 0 Å². The van der Waals surface area contributed by atoms with Crippen molar-refractivity contribution in [3.05, 3.63) is 83.9 Å². The van der Waals surface area contributed by atoms with E-state index in [4.69, 9.17) is 0 Å². The summed E-state index contributed by atoms with van der Waals surface area (Å²) in [6.45, 7) is 0.493. The van der Waals surface area contributed by atoms with E-state index >= 15 is 0 Å². The van der Waals surface area contributed by atoms with Gasteiger partial charge in [0.1, 0.15) is 6.54 Å². The maximum absolute atomic E-state index is 13.1. The van der Waals surface area contributed by atoms with Crippen molar-refractivity contribution in [2.45, 2.75) is 19.3 Å². The molecule has 2 aromatic heterocycles. The molecule has 2 heterocycles. The first-order valence-electron chi connectivity index (χ1n) is 11.6. The number of hydrogen-bond donors (Lipinski definition) is 1. The summed E-state index contributed by atoms with van der Waals surface area (Å²) < 4.78 is 1.68. The SMILES string of the molecule is N#CCN(CCc1ccccc1)C(=O)c1ccc(-c2cccc3nc(NC(=O)C4CC4)nn23)cc1. The Morgan fingerprint density at radius 2 is 1.80 bits per heavy atom. The van der Waals surface area contributed by atoms with Crippen LogP contribution in [0.2, 0.25) is 0 Å². The van der Waals surface area contributed by atoms with Crippen LogP contribution in [-0.4, -0.2) is 44.4 Å². The van der Waals surface area contributed by atoms with Crippen LogP contribution in [-0.2, 0) is 11.2 Å². The van der Waals surface area contributed by atoms with Gasteiger partial charge in [-0.15, -0.1) is 5.10 Å². The van der Waals surface area contributed by atoms with Gasteiger partial charge in [-0.1, -0.05) is 48.5 Å². The van der Waals surface area contributed by atoms with Gasteiger partial charge in [-0.25, -0.2) is 4.52 Å². The molecule has 0 radical (unpaired) electrons. The van der Waals surface area contributed by atoms with Gasteiger partial charge in [0.05, 0.1) is 11.8 Å². The van der Waals surface area contributed by atoms with E-state index in [-0.39, 0.29) is 30.2 Å². The first-order valence-corrected chi connectivity index (χ1v) is 11.6. The van der Waals surface area contributed by atoms with E-state index in [9.17, 15) is 14.9 Å². The van der Waals surface area contributed by atoms with Crippen molar-refractivity contribution in [2.24, 2.45) is 5.92 Å². The molecule has 0 unspecified atom stereocenters. The number of rotatable bonds is 8. The molecule has 4 aromatic rings. The Bertz CT molecular complexity index is 1400. The highest BCUT2D eigenvalue weighted by Crippen LogP contribution is 2.30. The quantitative estimate of drug-likeness (QED) is 0.398. The molecule has 0 atom stereocenters. The molecule has 2 aromatic carbocycles. The van der Waals surface area contributed by atoms with E-state index in [0.717, 1.165) is 29.7 Å². The number of pyridine rings is 1. The Labute approximate surface area is 202 Å². The molecule has 0 spiro atoms. The monoisotopic (exact) mass is 464 g/mol. The van der Waals surface area contributed by atoms with Crippen molar-refractivity contribution in [1.82, 2.24) is 19.5 Å². The Morgan fingerprint density at radius 1 is 1.03 bits per heavy atom. The molecule has 0 saturated heterocycles. The van der Waals surface area contributed by atoms with Crippen molar-refractivity contribution >= 4 is 23.4 Å². The number of carbonyl (C=O) groups excluding carboxylic acids is 2. The smallest absolute Gasteiger partial charge is 0.254 e. The summed E-state index contributed by atoms with van der Waals surface area (Å²) in [6.07, 6.45) is 2.50. The van der Waals surface area contributed by atoms with E-state index < -0.39 is 0 Å². The standard InChI is InChI=1S/C27H24N6O2/c28-16-18-32(17-15-19-5-2-1-3-6-19)26(35)22-13-9-20(10-14-22)23-7-4-8-24-29-27(31-33(23)24)30-25(34)21-11-12-21/h1-10,13-14,21H,11-12,15,17-18H2,(H,30,31,34). The average molecular weight is 465 g/mol. The number of benzene rings is 2. The highest BCUT2D eigenvalue weighted by Gasteiger charge is 2.30. The van der Waals surface area contributed by atoms with Crippen molar-refractivity contribution < 1.29 is 9.59 Å². The van der Waals surface area contributed by atoms with Crippen LogP contribution in [0.15, 0.2) is 72.8 Å². The number of nitriles is 1. The summed E-state index contributed by atoms with van der Waals surface area (Å²) >= 11 is 0. The minimum absolute atomic E-state index is 0.0288. The molecular formula is C27H24N6O2. The molecule has 174 valence electrons. The number of fused-ring (bicyclic) bond motifs is 1. The van der Waals surface area contributed by atoms with Gasteiger partial charge in [0.15, 0.2) is 5.65 Å². The third-order valence-electron chi connectivity index (χ3n) is 6.03. The molecule has 1 aliphatic carbocycles. The van der Waals surface area contributed by atoms with Gasteiger partial charge in [-0.2, -0.15) is 10.2 Å². The Morgan fingerprint density at radius 3 is 2.51 bits per heavy atom. The fourth-order valence-electron chi connectivity index (χ4n) is 3.95. The van der Waals surface area contributed by atoms with Gasteiger partial charge >= 0.3 is 0 Å². The third-order valence-corrected chi connectivity index (χ3v) is 6.03. The number of nitrogens with one attached hydrogen (secondary N) is 1. The number of hydrogen-bond acceptors (Lipinski definition) is 5. The van der Waals surface area contributed by atoms with Crippen LogP contribution >= 0.6 is 0 Å². The normalized spacial score (nSPS) is 12.8. The van der Waals surface area contributed by atoms with Crippen LogP contribution < -0.4 is 5.32 Å². The van der Waals surface area contributed by atoms with Crippen LogP contribution in [0.25, 0.3) is 16.9 Å². The molecule has 1 fully saturated rings. The third kappa shape index (κ3) is 5.04. The molecule has 0 bridgehead atoms. The summed E-state index contributed by atoms with van der Waals surface area (Å²) in [6, 6.07) is 24.8. The number of nitrogens with zero attached hydrogens (tertiary/aromatic N) is 5. The minimum Gasteiger partial charge on any atom is -0.325 e. The lowest BCUT2D eigenvalue weighted by molar-refractivity contribution is -0.117. The largest absolute Gasteiger partial charge is 0.325 e. The zero-order valence-corrected chi connectivity index (χ0v) is 19.1. The van der Waals surface area contributed by atoms with Gasteiger partial charge in [-0.3, -0.25) is 14.9 Å². The Kier molecular flexibility index (Phi) is 6.22. The van der Waals surface area contributed by atoms with E-state index in [2.05, 4.69) is 21.5 Å². The Hall–Kier alpha value is -4.51. The van der Waals surface area contributed by atoms with Crippen molar-refractivity contribution in [2.75, 3.05) is 18.4 Å². The van der Waals surface area contributed by atoms with E-state index in [1.54, 1.807) is 21.5 Å². The Balaban J connectivity index is 1.33. The second-order valence-corrected chi connectivity index (χ2v) is 8.58. The first kappa shape index (κ1) is 22.3. The predicted molar refractivity (Wildman–Crippen MR) is 131 cm³/mol. The van der Waals surface area contributed by atoms with Crippen LogP contribution in [0.1, 0.15) is 28.8 Å². The number of aromatic nitrogens is 3. The fourth-order valence-corrected chi connectivity index (χ4v) is 3.95. The zero-order chi connectivity index (χ0) is 24.2. The average Bonchev–Trinajstić information content (AvgIpc) is 3.66. The molecule has 2 amide bonds. The summed E-state index contributed by atoms with van der Waals surface area (Å²) in [4.78, 5) is 31.1. The van der Waals surface area contributed by atoms with E-state index in [1.807, 2.05) is 60.7 Å². The van der Waals surface area contributed by atoms with Gasteiger partial charge in [0, 0.05) is 23.6 Å². The number of carbonyl (C=O) groups is 2. The zero-order valence-electron chi connectivity index (χ0n) is 19.1. The maximum Gasteiger partial charge on any atom is 0.254 e. The fraction of sp³-hybridized carbons (Fsp3) is 0.222. The summed E-state index contributed by atoms with van der Waals surface area (Å²) in [5.41, 5.74) is 3.90. The summed E-state index contributed by atoms with van der Waals surface area (Å²) in [5.74, 6) is 0.128. The summed E-state index contributed by atoms with van der Waals surface area (Å²) in [7, 11) is 0. The molecule has 0 aliphatic heterocycles. The minimum atomic E-state index is -0.182. The van der Waals surface area contributed by atoms with Crippen LogP contribution in [0, 0.1) is 17.2 Å². The number of amides is 2. The lowest BCUT2D eigenvalue weighted by atomic mass is 10.1. The van der Waals surface area contributed by atoms with Gasteiger partial charge < -0.3 is 4.90 Å². The predicted octanol–water partition coefficient (Wildman–Crippen LogP) is 3.95. The second-order valence-electron chi connectivity index (χ2n) is 8.58. The molecular weight excluding hydrogens is 440 g/mol. The van der Waals surface area contributed by atoms with Gasteiger partial charge in [-0.05, 0) is 49.1 Å². The van der Waals surface area contributed by atoms with Crippen molar-refractivity contribution in [3.8, 4) is 17.3 Å². The highest BCUT2D eigenvalue weighted by molar-refractivity contribution is 5.95. The molecule has 8 nitrogen and oxygen atoms in total. The van der Waals surface area contributed by atoms with Crippen molar-refractivity contribution in [1.29, 1.82) is 5.26 Å². The number of anilines is 1. The summed E-state index contributed by atoms with van der Waals surface area (Å²) in [5, 5.41) is 16.5. The molecule has 8 heteroatoms. The topological polar surface area (TPSA) is 103 Å². The second kappa shape index (κ2) is 9.77. The molecule has 5 rings (SSSR count). The van der Waals surface area contributed by atoms with Gasteiger partial charge in [0.25, 0.3) is 5.91 Å². The van der Waals surface area contributed by atoms with Crippen molar-refractivity contribution in [3.63, 3.8) is 0 Å². The molecule has 35 heavy (non-hydrogen) atoms.